The summed E-state index contributed by atoms with van der Waals surface area (Å²) in [5.74, 6) is 0. The Kier molecular flexibility index (Phi) is 4.19. The summed E-state index contributed by atoms with van der Waals surface area (Å²) in [6.45, 7) is 0. The Labute approximate surface area is 88.5 Å². The fraction of sp³-hybridized carbons (Fsp3) is 1.00. The fourth-order valence-corrected chi connectivity index (χ4v) is 3.40. The molecule has 2 atom stereocenters. The standard InChI is InChI=1S/C8H16BrNO2S/c1-13(11,12)10-8-6-4-2-3-5-7(8)9/h7-8,10H,2-6H2,1H3. The molecule has 0 aliphatic heterocycles. The van der Waals surface area contributed by atoms with Gasteiger partial charge in [0, 0.05) is 10.9 Å². The van der Waals surface area contributed by atoms with Crippen molar-refractivity contribution in [1.29, 1.82) is 0 Å². The van der Waals surface area contributed by atoms with E-state index in [4.69, 9.17) is 0 Å². The number of alkyl halides is 1. The molecule has 2 unspecified atom stereocenters. The fourth-order valence-electron chi connectivity index (χ4n) is 1.67. The summed E-state index contributed by atoms with van der Waals surface area (Å²) in [5.41, 5.74) is 0. The first-order chi connectivity index (χ1) is 5.99. The van der Waals surface area contributed by atoms with Crippen molar-refractivity contribution in [3.63, 3.8) is 0 Å². The summed E-state index contributed by atoms with van der Waals surface area (Å²) in [4.78, 5) is 0.296. The molecule has 5 heteroatoms. The van der Waals surface area contributed by atoms with Crippen LogP contribution in [0.2, 0.25) is 0 Å². The number of halogens is 1. The molecule has 3 nitrogen and oxygen atoms in total. The summed E-state index contributed by atoms with van der Waals surface area (Å²) in [6.07, 6.45) is 6.75. The maximum absolute atomic E-state index is 11.0. The van der Waals surface area contributed by atoms with E-state index >= 15 is 0 Å². The summed E-state index contributed by atoms with van der Waals surface area (Å²) in [7, 11) is -3.05. The minimum absolute atomic E-state index is 0.0810. The summed E-state index contributed by atoms with van der Waals surface area (Å²) >= 11 is 3.53. The first-order valence-corrected chi connectivity index (χ1v) is 7.41. The van der Waals surface area contributed by atoms with Gasteiger partial charge in [-0.3, -0.25) is 0 Å². The van der Waals surface area contributed by atoms with E-state index in [0.29, 0.717) is 4.83 Å². The minimum Gasteiger partial charge on any atom is -0.213 e. The topological polar surface area (TPSA) is 46.2 Å². The van der Waals surface area contributed by atoms with Crippen LogP contribution in [0.25, 0.3) is 0 Å². The van der Waals surface area contributed by atoms with Crippen molar-refractivity contribution in [2.45, 2.75) is 43.0 Å². The normalized spacial score (nSPS) is 31.2. The van der Waals surface area contributed by atoms with Crippen molar-refractivity contribution in [2.24, 2.45) is 0 Å². The van der Waals surface area contributed by atoms with Crippen LogP contribution in [-0.2, 0) is 10.0 Å². The SMILES string of the molecule is CS(=O)(=O)NC1CCCCCC1Br. The Balaban J connectivity index is 2.55. The maximum Gasteiger partial charge on any atom is 0.208 e. The van der Waals surface area contributed by atoms with Crippen molar-refractivity contribution >= 4 is 26.0 Å². The Morgan fingerprint density at radius 2 is 1.85 bits per heavy atom. The van der Waals surface area contributed by atoms with Gasteiger partial charge in [-0.1, -0.05) is 35.2 Å². The van der Waals surface area contributed by atoms with Crippen LogP contribution >= 0.6 is 15.9 Å². The number of sulfonamides is 1. The van der Waals surface area contributed by atoms with E-state index in [2.05, 4.69) is 20.7 Å². The highest BCUT2D eigenvalue weighted by molar-refractivity contribution is 9.09. The molecule has 0 aromatic carbocycles. The molecule has 1 aliphatic carbocycles. The van der Waals surface area contributed by atoms with Gasteiger partial charge in [-0.15, -0.1) is 0 Å². The summed E-state index contributed by atoms with van der Waals surface area (Å²) < 4.78 is 24.7. The molecule has 0 amide bonds. The highest BCUT2D eigenvalue weighted by atomic mass is 79.9. The molecule has 0 aromatic rings. The van der Waals surface area contributed by atoms with Gasteiger partial charge in [0.1, 0.15) is 0 Å². The quantitative estimate of drug-likeness (QED) is 0.612. The van der Waals surface area contributed by atoms with Crippen LogP contribution in [0.5, 0.6) is 0 Å². The van der Waals surface area contributed by atoms with Gasteiger partial charge in [0.2, 0.25) is 10.0 Å². The first-order valence-electron chi connectivity index (χ1n) is 4.60. The molecule has 78 valence electrons. The smallest absolute Gasteiger partial charge is 0.208 e. The maximum atomic E-state index is 11.0. The Morgan fingerprint density at radius 1 is 1.23 bits per heavy atom. The van der Waals surface area contributed by atoms with Gasteiger partial charge >= 0.3 is 0 Å². The molecule has 0 aromatic heterocycles. The highest BCUT2D eigenvalue weighted by Crippen LogP contribution is 2.23. The Bertz CT molecular complexity index is 253. The summed E-state index contributed by atoms with van der Waals surface area (Å²) in [5, 5.41) is 0. The van der Waals surface area contributed by atoms with Crippen molar-refractivity contribution < 1.29 is 8.42 Å². The largest absolute Gasteiger partial charge is 0.213 e. The van der Waals surface area contributed by atoms with Gasteiger partial charge < -0.3 is 0 Å². The van der Waals surface area contributed by atoms with Crippen LogP contribution in [0.1, 0.15) is 32.1 Å². The van der Waals surface area contributed by atoms with E-state index in [-0.39, 0.29) is 6.04 Å². The average molecular weight is 270 g/mol. The lowest BCUT2D eigenvalue weighted by molar-refractivity contribution is 0.524. The van der Waals surface area contributed by atoms with Crippen LogP contribution in [-0.4, -0.2) is 25.5 Å². The van der Waals surface area contributed by atoms with Crippen molar-refractivity contribution in [3.8, 4) is 0 Å². The van der Waals surface area contributed by atoms with Crippen LogP contribution < -0.4 is 4.72 Å². The molecule has 1 fully saturated rings. The second-order valence-corrected chi connectivity index (χ2v) is 6.61. The summed E-state index contributed by atoms with van der Waals surface area (Å²) in [6, 6.07) is 0.0810. The molecule has 0 heterocycles. The number of hydrogen-bond acceptors (Lipinski definition) is 2. The number of rotatable bonds is 2. The van der Waals surface area contributed by atoms with Gasteiger partial charge in [-0.25, -0.2) is 13.1 Å². The van der Waals surface area contributed by atoms with Crippen LogP contribution in [0.15, 0.2) is 0 Å². The predicted molar refractivity (Wildman–Crippen MR) is 57.6 cm³/mol. The molecule has 0 spiro atoms. The molecule has 13 heavy (non-hydrogen) atoms. The van der Waals surface area contributed by atoms with Gasteiger partial charge in [-0.2, -0.15) is 0 Å². The third kappa shape index (κ3) is 4.42. The molecule has 1 N–H and O–H groups in total. The van der Waals surface area contributed by atoms with Crippen LogP contribution in [0.3, 0.4) is 0 Å². The van der Waals surface area contributed by atoms with Crippen molar-refractivity contribution in [1.82, 2.24) is 4.72 Å². The zero-order chi connectivity index (χ0) is 9.90. The van der Waals surface area contributed by atoms with E-state index in [1.807, 2.05) is 0 Å². The Morgan fingerprint density at radius 3 is 2.46 bits per heavy atom. The molecular formula is C8H16BrNO2S. The molecule has 1 rings (SSSR count). The second kappa shape index (κ2) is 4.75. The number of nitrogens with one attached hydrogen (secondary N) is 1. The molecular weight excluding hydrogens is 254 g/mol. The average Bonchev–Trinajstić information content (AvgIpc) is 2.14. The van der Waals surface area contributed by atoms with E-state index < -0.39 is 10.0 Å². The van der Waals surface area contributed by atoms with Crippen molar-refractivity contribution in [3.05, 3.63) is 0 Å². The van der Waals surface area contributed by atoms with Gasteiger partial charge in [0.25, 0.3) is 0 Å². The minimum atomic E-state index is -3.05. The third-order valence-electron chi connectivity index (χ3n) is 2.30. The van der Waals surface area contributed by atoms with E-state index in [1.54, 1.807) is 0 Å². The van der Waals surface area contributed by atoms with E-state index in [1.165, 1.54) is 19.1 Å². The van der Waals surface area contributed by atoms with Crippen molar-refractivity contribution in [2.75, 3.05) is 6.26 Å². The lowest BCUT2D eigenvalue weighted by atomic mass is 10.1. The lowest BCUT2D eigenvalue weighted by Crippen LogP contribution is -2.39. The van der Waals surface area contributed by atoms with E-state index in [0.717, 1.165) is 19.3 Å². The van der Waals surface area contributed by atoms with Gasteiger partial charge in [0.15, 0.2) is 0 Å². The monoisotopic (exact) mass is 269 g/mol. The third-order valence-corrected chi connectivity index (χ3v) is 4.12. The molecule has 0 radical (unpaired) electrons. The van der Waals surface area contributed by atoms with Crippen LogP contribution in [0.4, 0.5) is 0 Å². The van der Waals surface area contributed by atoms with Crippen LogP contribution in [0, 0.1) is 0 Å². The molecule has 0 saturated heterocycles. The number of hydrogen-bond donors (Lipinski definition) is 1. The van der Waals surface area contributed by atoms with Gasteiger partial charge in [0.05, 0.1) is 6.26 Å². The zero-order valence-corrected chi connectivity index (χ0v) is 10.2. The Hall–Kier alpha value is 0.390. The zero-order valence-electron chi connectivity index (χ0n) is 7.79. The van der Waals surface area contributed by atoms with E-state index in [9.17, 15) is 8.42 Å². The first kappa shape index (κ1) is 11.5. The molecule has 0 bridgehead atoms. The molecule has 1 saturated carbocycles. The predicted octanol–water partition coefficient (Wildman–Crippen LogP) is 1.63. The van der Waals surface area contributed by atoms with Gasteiger partial charge in [-0.05, 0) is 12.8 Å². The lowest BCUT2D eigenvalue weighted by Gasteiger charge is -2.19. The highest BCUT2D eigenvalue weighted by Gasteiger charge is 2.23. The molecule has 1 aliphatic rings. The second-order valence-electron chi connectivity index (χ2n) is 3.65.